The Balaban J connectivity index is 2.28. The number of imidazole rings is 1. The Kier molecular flexibility index (Phi) is 2.45. The summed E-state index contributed by atoms with van der Waals surface area (Å²) >= 11 is 0. The molecule has 0 spiro atoms. The third kappa shape index (κ3) is 1.81. The van der Waals surface area contributed by atoms with Crippen molar-refractivity contribution in [2.24, 2.45) is 0 Å². The maximum atomic E-state index is 13.7. The van der Waals surface area contributed by atoms with Gasteiger partial charge in [0.15, 0.2) is 0 Å². The molecule has 19 heavy (non-hydrogen) atoms. The third-order valence-corrected chi connectivity index (χ3v) is 2.81. The van der Waals surface area contributed by atoms with Crippen LogP contribution in [0, 0.1) is 17.5 Å². The molecule has 3 nitrogen and oxygen atoms in total. The van der Waals surface area contributed by atoms with Gasteiger partial charge in [-0.15, -0.1) is 0 Å². The summed E-state index contributed by atoms with van der Waals surface area (Å²) in [6.07, 6.45) is 1.16. The molecule has 0 aliphatic heterocycles. The van der Waals surface area contributed by atoms with Crippen molar-refractivity contribution < 1.29 is 13.2 Å². The summed E-state index contributed by atoms with van der Waals surface area (Å²) in [6, 6.07) is 5.77. The highest BCUT2D eigenvalue weighted by Crippen LogP contribution is 2.29. The van der Waals surface area contributed by atoms with E-state index in [2.05, 4.69) is 4.98 Å². The highest BCUT2D eigenvalue weighted by atomic mass is 19.1. The molecular formula is C13H8F3N3. The van der Waals surface area contributed by atoms with Crippen LogP contribution in [-0.2, 0) is 0 Å². The first kappa shape index (κ1) is 11.6. The molecule has 0 aliphatic carbocycles. The average Bonchev–Trinajstić information content (AvgIpc) is 2.67. The van der Waals surface area contributed by atoms with E-state index in [1.807, 2.05) is 0 Å². The maximum absolute atomic E-state index is 13.7. The highest BCUT2D eigenvalue weighted by Gasteiger charge is 2.15. The molecule has 2 N–H and O–H groups in total. The molecule has 0 bridgehead atoms. The minimum atomic E-state index is -0.768. The number of rotatable bonds is 1. The number of fused-ring (bicyclic) bond motifs is 1. The Hall–Kier alpha value is -2.50. The first-order valence-corrected chi connectivity index (χ1v) is 5.45. The Bertz CT molecular complexity index is 780. The molecule has 96 valence electrons. The molecule has 0 radical (unpaired) electrons. The Labute approximate surface area is 106 Å². The molecule has 0 saturated carbocycles. The topological polar surface area (TPSA) is 43.3 Å². The van der Waals surface area contributed by atoms with Gasteiger partial charge in [0.25, 0.3) is 0 Å². The number of halogens is 3. The van der Waals surface area contributed by atoms with Gasteiger partial charge in [0.1, 0.15) is 34.6 Å². The summed E-state index contributed by atoms with van der Waals surface area (Å²) in [4.78, 5) is 4.12. The average molecular weight is 263 g/mol. The first-order valence-electron chi connectivity index (χ1n) is 5.45. The fourth-order valence-electron chi connectivity index (χ4n) is 1.92. The van der Waals surface area contributed by atoms with Crippen LogP contribution in [0.15, 0.2) is 36.5 Å². The molecule has 2 aromatic heterocycles. The molecule has 0 saturated heterocycles. The lowest BCUT2D eigenvalue weighted by Gasteiger charge is -2.01. The molecule has 6 heteroatoms. The van der Waals surface area contributed by atoms with Crippen molar-refractivity contribution in [1.82, 2.24) is 9.38 Å². The molecule has 1 aromatic carbocycles. The smallest absolute Gasteiger partial charge is 0.140 e. The van der Waals surface area contributed by atoms with Crippen LogP contribution in [0.2, 0.25) is 0 Å². The number of nitrogens with two attached hydrogens (primary N) is 1. The number of aromatic nitrogens is 2. The van der Waals surface area contributed by atoms with Gasteiger partial charge in [0.2, 0.25) is 0 Å². The Morgan fingerprint density at radius 1 is 1.00 bits per heavy atom. The molecule has 0 amide bonds. The number of hydrogen-bond acceptors (Lipinski definition) is 2. The van der Waals surface area contributed by atoms with Crippen molar-refractivity contribution >= 4 is 11.5 Å². The van der Waals surface area contributed by atoms with Gasteiger partial charge in [-0.05, 0) is 24.3 Å². The van der Waals surface area contributed by atoms with Crippen molar-refractivity contribution in [3.63, 3.8) is 0 Å². The van der Waals surface area contributed by atoms with Gasteiger partial charge in [0.05, 0.1) is 0 Å². The number of nitrogen functional groups attached to an aromatic ring is 1. The molecule has 2 heterocycles. The molecule has 0 fully saturated rings. The van der Waals surface area contributed by atoms with Crippen molar-refractivity contribution in [3.05, 3.63) is 54.0 Å². The zero-order valence-corrected chi connectivity index (χ0v) is 9.57. The van der Waals surface area contributed by atoms with Gasteiger partial charge < -0.3 is 5.73 Å². The summed E-state index contributed by atoms with van der Waals surface area (Å²) in [6.45, 7) is 0. The van der Waals surface area contributed by atoms with Crippen LogP contribution in [0.5, 0.6) is 0 Å². The quantitative estimate of drug-likeness (QED) is 0.733. The Morgan fingerprint density at radius 2 is 1.74 bits per heavy atom. The standard InChI is InChI=1S/C13H8F3N3/c14-7-1-3-9(10(16)5-7)12-13(17)19-6-8(15)2-4-11(19)18-12/h1-6H,17H2. The van der Waals surface area contributed by atoms with Crippen LogP contribution in [0.3, 0.4) is 0 Å². The van der Waals surface area contributed by atoms with Gasteiger partial charge >= 0.3 is 0 Å². The second-order valence-electron chi connectivity index (χ2n) is 4.05. The second-order valence-corrected chi connectivity index (χ2v) is 4.05. The van der Waals surface area contributed by atoms with E-state index in [4.69, 9.17) is 5.73 Å². The number of nitrogens with zero attached hydrogens (tertiary/aromatic N) is 2. The molecule has 0 unspecified atom stereocenters. The zero-order valence-electron chi connectivity index (χ0n) is 9.57. The summed E-state index contributed by atoms with van der Waals surface area (Å²) in [5.74, 6) is -1.84. The Morgan fingerprint density at radius 3 is 2.47 bits per heavy atom. The summed E-state index contributed by atoms with van der Waals surface area (Å²) in [5.41, 5.74) is 6.43. The van der Waals surface area contributed by atoms with Crippen LogP contribution in [-0.4, -0.2) is 9.38 Å². The number of anilines is 1. The van der Waals surface area contributed by atoms with Crippen LogP contribution < -0.4 is 5.73 Å². The van der Waals surface area contributed by atoms with E-state index in [-0.39, 0.29) is 17.1 Å². The summed E-state index contributed by atoms with van der Waals surface area (Å²) in [7, 11) is 0. The number of hydrogen-bond donors (Lipinski definition) is 1. The van der Waals surface area contributed by atoms with Crippen LogP contribution in [0.25, 0.3) is 16.9 Å². The maximum Gasteiger partial charge on any atom is 0.140 e. The zero-order chi connectivity index (χ0) is 13.6. The molecule has 0 atom stereocenters. The normalized spacial score (nSPS) is 11.1. The lowest BCUT2D eigenvalue weighted by molar-refractivity contribution is 0.585. The van der Waals surface area contributed by atoms with E-state index in [0.29, 0.717) is 5.65 Å². The first-order chi connectivity index (χ1) is 9.06. The van der Waals surface area contributed by atoms with Crippen molar-refractivity contribution in [3.8, 4) is 11.3 Å². The van der Waals surface area contributed by atoms with E-state index in [0.717, 1.165) is 18.3 Å². The van der Waals surface area contributed by atoms with Crippen LogP contribution in [0.1, 0.15) is 0 Å². The van der Waals surface area contributed by atoms with Crippen molar-refractivity contribution in [1.29, 1.82) is 0 Å². The summed E-state index contributed by atoms with van der Waals surface area (Å²) < 4.78 is 41.0. The van der Waals surface area contributed by atoms with Gasteiger partial charge in [0, 0.05) is 17.8 Å². The lowest BCUT2D eigenvalue weighted by Crippen LogP contribution is -1.96. The third-order valence-electron chi connectivity index (χ3n) is 2.81. The summed E-state index contributed by atoms with van der Waals surface area (Å²) in [5, 5.41) is 0. The largest absolute Gasteiger partial charge is 0.383 e. The fraction of sp³-hybridized carbons (Fsp3) is 0. The van der Waals surface area contributed by atoms with Crippen molar-refractivity contribution in [2.45, 2.75) is 0 Å². The van der Waals surface area contributed by atoms with Crippen molar-refractivity contribution in [2.75, 3.05) is 5.73 Å². The predicted molar refractivity (Wildman–Crippen MR) is 64.9 cm³/mol. The monoisotopic (exact) mass is 263 g/mol. The SMILES string of the molecule is Nc1c(-c2ccc(F)cc2F)nc2ccc(F)cn12. The van der Waals surface area contributed by atoms with Gasteiger partial charge in [-0.1, -0.05) is 0 Å². The lowest BCUT2D eigenvalue weighted by atomic mass is 10.1. The molecular weight excluding hydrogens is 255 g/mol. The highest BCUT2D eigenvalue weighted by molar-refractivity contribution is 5.75. The molecule has 0 aliphatic rings. The van der Waals surface area contributed by atoms with Gasteiger partial charge in [-0.2, -0.15) is 0 Å². The van der Waals surface area contributed by atoms with Gasteiger partial charge in [-0.25, -0.2) is 18.2 Å². The van der Waals surface area contributed by atoms with E-state index in [9.17, 15) is 13.2 Å². The number of pyridine rings is 1. The van der Waals surface area contributed by atoms with Crippen LogP contribution in [0.4, 0.5) is 19.0 Å². The fourth-order valence-corrected chi connectivity index (χ4v) is 1.92. The number of benzene rings is 1. The minimum absolute atomic E-state index is 0.0722. The van der Waals surface area contributed by atoms with E-state index < -0.39 is 17.5 Å². The molecule has 3 rings (SSSR count). The minimum Gasteiger partial charge on any atom is -0.383 e. The van der Waals surface area contributed by atoms with E-state index >= 15 is 0 Å². The van der Waals surface area contributed by atoms with E-state index in [1.165, 1.54) is 22.6 Å². The van der Waals surface area contributed by atoms with Gasteiger partial charge in [-0.3, -0.25) is 4.40 Å². The predicted octanol–water partition coefficient (Wildman–Crippen LogP) is 3.00. The molecule has 3 aromatic rings. The second kappa shape index (κ2) is 4.01. The van der Waals surface area contributed by atoms with Crippen LogP contribution >= 0.6 is 0 Å². The van der Waals surface area contributed by atoms with E-state index in [1.54, 1.807) is 0 Å².